The summed E-state index contributed by atoms with van der Waals surface area (Å²) in [7, 11) is 1.71. The number of methoxy groups -OCH3 is 1. The van der Waals surface area contributed by atoms with Gasteiger partial charge in [-0.25, -0.2) is 0 Å². The van der Waals surface area contributed by atoms with Crippen molar-refractivity contribution in [2.45, 2.75) is 31.7 Å². The predicted octanol–water partition coefficient (Wildman–Crippen LogP) is 3.52. The van der Waals surface area contributed by atoms with Crippen molar-refractivity contribution < 1.29 is 4.74 Å². The van der Waals surface area contributed by atoms with Crippen LogP contribution in [0.3, 0.4) is 0 Å². The van der Waals surface area contributed by atoms with Crippen LogP contribution in [0.5, 0.6) is 5.75 Å². The highest BCUT2D eigenvalue weighted by atomic mass is 16.5. The second kappa shape index (κ2) is 5.22. The van der Waals surface area contributed by atoms with E-state index in [0.717, 1.165) is 18.1 Å². The number of hydrogen-bond donors (Lipinski definition) is 1. The minimum absolute atomic E-state index is 0.282. The number of hydrogen-bond acceptors (Lipinski definition) is 2. The topological polar surface area (TPSA) is 35.2 Å². The van der Waals surface area contributed by atoms with Gasteiger partial charge in [0.05, 0.1) is 7.11 Å². The van der Waals surface area contributed by atoms with Crippen LogP contribution < -0.4 is 10.5 Å². The molecular weight excluding hydrogens is 234 g/mol. The summed E-state index contributed by atoms with van der Waals surface area (Å²) in [4.78, 5) is 0. The van der Waals surface area contributed by atoms with Crippen molar-refractivity contribution in [1.29, 1.82) is 0 Å². The number of nitrogens with two attached hydrogens (primary N) is 1. The summed E-state index contributed by atoms with van der Waals surface area (Å²) >= 11 is 0. The highest BCUT2D eigenvalue weighted by Crippen LogP contribution is 2.34. The van der Waals surface area contributed by atoms with Gasteiger partial charge in [0.2, 0.25) is 0 Å². The van der Waals surface area contributed by atoms with E-state index in [1.54, 1.807) is 7.11 Å². The zero-order chi connectivity index (χ0) is 13.2. The van der Waals surface area contributed by atoms with Crippen LogP contribution in [0, 0.1) is 5.92 Å². The summed E-state index contributed by atoms with van der Waals surface area (Å²) in [5.41, 5.74) is 7.61. The van der Waals surface area contributed by atoms with E-state index < -0.39 is 0 Å². The molecule has 2 aromatic rings. The summed E-state index contributed by atoms with van der Waals surface area (Å²) in [6.07, 6.45) is 4.87. The molecule has 0 bridgehead atoms. The van der Waals surface area contributed by atoms with Gasteiger partial charge >= 0.3 is 0 Å². The van der Waals surface area contributed by atoms with Crippen molar-refractivity contribution in [1.82, 2.24) is 0 Å². The maximum atomic E-state index is 6.28. The third-order valence-electron chi connectivity index (χ3n) is 3.99. The molecule has 1 atom stereocenters. The first kappa shape index (κ1) is 12.5. The van der Waals surface area contributed by atoms with Crippen molar-refractivity contribution in [3.05, 3.63) is 42.0 Å². The van der Waals surface area contributed by atoms with Gasteiger partial charge in [-0.3, -0.25) is 0 Å². The minimum Gasteiger partial charge on any atom is -0.497 e. The molecule has 100 valence electrons. The second-order valence-electron chi connectivity index (χ2n) is 5.65. The molecule has 0 amide bonds. The SMILES string of the molecule is COc1ccc2cccc(CC(N)CC3CC3)c2c1. The second-order valence-corrected chi connectivity index (χ2v) is 5.65. The van der Waals surface area contributed by atoms with Gasteiger partial charge in [-0.05, 0) is 47.2 Å². The van der Waals surface area contributed by atoms with Crippen LogP contribution in [0.1, 0.15) is 24.8 Å². The monoisotopic (exact) mass is 255 g/mol. The van der Waals surface area contributed by atoms with Crippen LogP contribution in [0.2, 0.25) is 0 Å². The fourth-order valence-corrected chi connectivity index (χ4v) is 2.77. The van der Waals surface area contributed by atoms with Crippen LogP contribution in [-0.4, -0.2) is 13.2 Å². The van der Waals surface area contributed by atoms with Crippen LogP contribution >= 0.6 is 0 Å². The molecule has 1 aliphatic carbocycles. The molecule has 2 N–H and O–H groups in total. The Kier molecular flexibility index (Phi) is 3.43. The molecule has 19 heavy (non-hydrogen) atoms. The lowest BCUT2D eigenvalue weighted by Crippen LogP contribution is -2.23. The van der Waals surface area contributed by atoms with Crippen molar-refractivity contribution >= 4 is 10.8 Å². The Labute approximate surface area is 114 Å². The van der Waals surface area contributed by atoms with Crippen molar-refractivity contribution in [3.8, 4) is 5.75 Å². The molecule has 1 unspecified atom stereocenters. The van der Waals surface area contributed by atoms with E-state index in [0.29, 0.717) is 0 Å². The molecule has 2 heteroatoms. The maximum Gasteiger partial charge on any atom is 0.119 e. The molecule has 0 radical (unpaired) electrons. The van der Waals surface area contributed by atoms with Crippen molar-refractivity contribution in [2.75, 3.05) is 7.11 Å². The third kappa shape index (κ3) is 2.90. The normalized spacial score (nSPS) is 16.5. The largest absolute Gasteiger partial charge is 0.497 e. The van der Waals surface area contributed by atoms with Crippen molar-refractivity contribution in [3.63, 3.8) is 0 Å². The highest BCUT2D eigenvalue weighted by molar-refractivity contribution is 5.87. The van der Waals surface area contributed by atoms with Gasteiger partial charge in [-0.1, -0.05) is 37.1 Å². The summed E-state index contributed by atoms with van der Waals surface area (Å²) in [5.74, 6) is 1.80. The number of ether oxygens (including phenoxy) is 1. The van der Waals surface area contributed by atoms with Crippen molar-refractivity contribution in [2.24, 2.45) is 11.7 Å². The molecule has 2 nitrogen and oxygen atoms in total. The van der Waals surface area contributed by atoms with Gasteiger partial charge in [0.1, 0.15) is 5.75 Å². The lowest BCUT2D eigenvalue weighted by molar-refractivity contribution is 0.415. The zero-order valence-electron chi connectivity index (χ0n) is 11.4. The quantitative estimate of drug-likeness (QED) is 0.887. The Hall–Kier alpha value is -1.54. The summed E-state index contributed by atoms with van der Waals surface area (Å²) < 4.78 is 5.33. The van der Waals surface area contributed by atoms with Gasteiger partial charge in [0, 0.05) is 6.04 Å². The van der Waals surface area contributed by atoms with Crippen LogP contribution in [0.15, 0.2) is 36.4 Å². The summed E-state index contributed by atoms with van der Waals surface area (Å²) in [6, 6.07) is 13.0. The smallest absolute Gasteiger partial charge is 0.119 e. The Morgan fingerprint density at radius 2 is 2.11 bits per heavy atom. The van der Waals surface area contributed by atoms with E-state index >= 15 is 0 Å². The zero-order valence-corrected chi connectivity index (χ0v) is 11.4. The maximum absolute atomic E-state index is 6.28. The first-order valence-corrected chi connectivity index (χ1v) is 7.07. The van der Waals surface area contributed by atoms with Gasteiger partial charge in [0.25, 0.3) is 0 Å². The van der Waals surface area contributed by atoms with E-state index in [4.69, 9.17) is 10.5 Å². The van der Waals surface area contributed by atoms with E-state index in [-0.39, 0.29) is 6.04 Å². The highest BCUT2D eigenvalue weighted by Gasteiger charge is 2.24. The minimum atomic E-state index is 0.282. The fourth-order valence-electron chi connectivity index (χ4n) is 2.77. The van der Waals surface area contributed by atoms with Gasteiger partial charge in [-0.15, -0.1) is 0 Å². The molecule has 0 aromatic heterocycles. The first-order chi connectivity index (χ1) is 9.26. The molecule has 0 saturated heterocycles. The van der Waals surface area contributed by atoms with E-state index in [1.807, 2.05) is 6.07 Å². The molecule has 2 aromatic carbocycles. The Morgan fingerprint density at radius 3 is 2.84 bits per heavy atom. The lowest BCUT2D eigenvalue weighted by atomic mass is 9.96. The van der Waals surface area contributed by atoms with Gasteiger partial charge < -0.3 is 10.5 Å². The van der Waals surface area contributed by atoms with Crippen LogP contribution in [0.4, 0.5) is 0 Å². The Balaban J connectivity index is 1.88. The molecule has 1 fully saturated rings. The summed E-state index contributed by atoms with van der Waals surface area (Å²) in [5, 5.41) is 2.53. The third-order valence-corrected chi connectivity index (χ3v) is 3.99. The Bertz CT molecular complexity index is 574. The molecule has 1 aliphatic rings. The van der Waals surface area contributed by atoms with E-state index in [2.05, 4.69) is 30.3 Å². The number of rotatable bonds is 5. The molecule has 3 rings (SSSR count). The standard InChI is InChI=1S/C17H21NO/c1-19-16-8-7-13-3-2-4-14(17(13)11-16)10-15(18)9-12-5-6-12/h2-4,7-8,11-12,15H,5-6,9-10,18H2,1H3. The molecule has 0 heterocycles. The average Bonchev–Trinajstić information content (AvgIpc) is 3.22. The first-order valence-electron chi connectivity index (χ1n) is 7.07. The lowest BCUT2D eigenvalue weighted by Gasteiger charge is -2.13. The molecule has 0 spiro atoms. The predicted molar refractivity (Wildman–Crippen MR) is 79.5 cm³/mol. The van der Waals surface area contributed by atoms with Crippen LogP contribution in [0.25, 0.3) is 10.8 Å². The van der Waals surface area contributed by atoms with Crippen LogP contribution in [-0.2, 0) is 6.42 Å². The fraction of sp³-hybridized carbons (Fsp3) is 0.412. The molecule has 1 saturated carbocycles. The van der Waals surface area contributed by atoms with E-state index in [1.165, 1.54) is 35.6 Å². The Morgan fingerprint density at radius 1 is 1.26 bits per heavy atom. The van der Waals surface area contributed by atoms with Gasteiger partial charge in [0.15, 0.2) is 0 Å². The van der Waals surface area contributed by atoms with Gasteiger partial charge in [-0.2, -0.15) is 0 Å². The molecular formula is C17H21NO. The van der Waals surface area contributed by atoms with E-state index in [9.17, 15) is 0 Å². The molecule has 0 aliphatic heterocycles. The number of benzene rings is 2. The average molecular weight is 255 g/mol. The summed E-state index contributed by atoms with van der Waals surface area (Å²) in [6.45, 7) is 0. The number of fused-ring (bicyclic) bond motifs is 1.